The van der Waals surface area contributed by atoms with Gasteiger partial charge in [-0.2, -0.15) is 0 Å². The zero-order valence-corrected chi connectivity index (χ0v) is 14.8. The zero-order chi connectivity index (χ0) is 17.0. The molecule has 0 spiro atoms. The monoisotopic (exact) mass is 320 g/mol. The van der Waals surface area contributed by atoms with Crippen molar-refractivity contribution >= 4 is 11.8 Å². The Kier molecular flexibility index (Phi) is 5.39. The molecule has 1 fully saturated rings. The van der Waals surface area contributed by atoms with Crippen LogP contribution in [0.1, 0.15) is 34.1 Å². The van der Waals surface area contributed by atoms with E-state index >= 15 is 0 Å². The van der Waals surface area contributed by atoms with E-state index in [0.29, 0.717) is 5.92 Å². The first-order valence-corrected chi connectivity index (χ1v) is 8.15. The molecule has 1 aliphatic rings. The fourth-order valence-electron chi connectivity index (χ4n) is 2.95. The van der Waals surface area contributed by atoms with Crippen molar-refractivity contribution in [3.05, 3.63) is 24.3 Å². The van der Waals surface area contributed by atoms with Crippen LogP contribution < -0.4 is 15.0 Å². The van der Waals surface area contributed by atoms with Gasteiger partial charge in [-0.1, -0.05) is 13.0 Å². The molecule has 1 aliphatic heterocycles. The van der Waals surface area contributed by atoms with Crippen LogP contribution in [0.3, 0.4) is 0 Å². The molecule has 1 heterocycles. The van der Waals surface area contributed by atoms with Gasteiger partial charge in [0.2, 0.25) is 0 Å². The second-order valence-electron chi connectivity index (χ2n) is 7.29. The highest BCUT2D eigenvalue weighted by Crippen LogP contribution is 2.26. The zero-order valence-electron chi connectivity index (χ0n) is 14.8. The van der Waals surface area contributed by atoms with E-state index in [2.05, 4.69) is 23.2 Å². The molecule has 1 aromatic rings. The average Bonchev–Trinajstić information content (AvgIpc) is 2.44. The lowest BCUT2D eigenvalue weighted by Gasteiger charge is -2.38. The number of nitrogens with zero attached hydrogens (tertiary/aromatic N) is 1. The van der Waals surface area contributed by atoms with Gasteiger partial charge in [0, 0.05) is 30.9 Å². The number of amides is 1. The van der Waals surface area contributed by atoms with Crippen LogP contribution in [0.25, 0.3) is 0 Å². The first-order chi connectivity index (χ1) is 10.8. The molecule has 0 aliphatic carbocycles. The molecule has 1 saturated heterocycles. The van der Waals surface area contributed by atoms with Crippen LogP contribution in [0.15, 0.2) is 24.3 Å². The summed E-state index contributed by atoms with van der Waals surface area (Å²) in [6.45, 7) is 9.57. The molecule has 0 bridgehead atoms. The van der Waals surface area contributed by atoms with Gasteiger partial charge in [-0.25, -0.2) is 4.79 Å². The summed E-state index contributed by atoms with van der Waals surface area (Å²) < 4.78 is 10.7. The van der Waals surface area contributed by atoms with Crippen molar-refractivity contribution in [1.82, 2.24) is 5.32 Å². The number of methoxy groups -OCH3 is 1. The highest BCUT2D eigenvalue weighted by atomic mass is 16.6. The Hall–Kier alpha value is -1.91. The number of hydrogen-bond donors (Lipinski definition) is 1. The number of carbonyl (C=O) groups is 1. The molecule has 0 saturated carbocycles. The molecule has 128 valence electrons. The molecule has 5 nitrogen and oxygen atoms in total. The maximum Gasteiger partial charge on any atom is 0.407 e. The van der Waals surface area contributed by atoms with E-state index in [9.17, 15) is 4.79 Å². The van der Waals surface area contributed by atoms with Crippen LogP contribution in [-0.4, -0.2) is 37.9 Å². The minimum absolute atomic E-state index is 0.0831. The number of piperidine rings is 1. The summed E-state index contributed by atoms with van der Waals surface area (Å²) in [6.07, 6.45) is 0.613. The molecule has 2 atom stereocenters. The topological polar surface area (TPSA) is 50.8 Å². The summed E-state index contributed by atoms with van der Waals surface area (Å²) >= 11 is 0. The summed E-state index contributed by atoms with van der Waals surface area (Å²) in [4.78, 5) is 14.3. The van der Waals surface area contributed by atoms with Crippen LogP contribution >= 0.6 is 0 Å². The molecule has 1 N–H and O–H groups in total. The average molecular weight is 320 g/mol. The van der Waals surface area contributed by atoms with E-state index in [1.54, 1.807) is 7.11 Å². The Balaban J connectivity index is 2.02. The van der Waals surface area contributed by atoms with Gasteiger partial charge in [-0.05, 0) is 45.2 Å². The van der Waals surface area contributed by atoms with E-state index in [1.807, 2.05) is 39.0 Å². The molecule has 0 radical (unpaired) electrons. The number of alkyl carbamates (subject to hydrolysis) is 1. The molecular formula is C18H28N2O3. The van der Waals surface area contributed by atoms with Crippen molar-refractivity contribution in [3.8, 4) is 5.75 Å². The quantitative estimate of drug-likeness (QED) is 0.927. The lowest BCUT2D eigenvalue weighted by molar-refractivity contribution is 0.0495. The Bertz CT molecular complexity index is 539. The Morgan fingerprint density at radius 3 is 2.70 bits per heavy atom. The highest BCUT2D eigenvalue weighted by Gasteiger charge is 2.27. The summed E-state index contributed by atoms with van der Waals surface area (Å²) in [5, 5.41) is 3.00. The maximum atomic E-state index is 12.0. The number of ether oxygens (including phenoxy) is 2. The SMILES string of the molecule is COc1cccc(N2CC(C)CC(NC(=O)OC(C)(C)C)C2)c1. The smallest absolute Gasteiger partial charge is 0.407 e. The largest absolute Gasteiger partial charge is 0.497 e. The minimum Gasteiger partial charge on any atom is -0.497 e. The van der Waals surface area contributed by atoms with E-state index in [-0.39, 0.29) is 12.1 Å². The lowest BCUT2D eigenvalue weighted by atomic mass is 9.95. The van der Waals surface area contributed by atoms with Crippen molar-refractivity contribution in [2.45, 2.75) is 45.8 Å². The fraction of sp³-hybridized carbons (Fsp3) is 0.611. The summed E-state index contributed by atoms with van der Waals surface area (Å²) in [6, 6.07) is 8.12. The lowest BCUT2D eigenvalue weighted by Crippen LogP contribution is -2.51. The molecule has 5 heteroatoms. The van der Waals surface area contributed by atoms with Crippen LogP contribution in [0.4, 0.5) is 10.5 Å². The minimum atomic E-state index is -0.475. The van der Waals surface area contributed by atoms with Gasteiger partial charge < -0.3 is 19.7 Å². The molecule has 0 aromatic heterocycles. The van der Waals surface area contributed by atoms with Crippen molar-refractivity contribution in [3.63, 3.8) is 0 Å². The molecule has 23 heavy (non-hydrogen) atoms. The Labute approximate surface area is 139 Å². The number of hydrogen-bond acceptors (Lipinski definition) is 4. The van der Waals surface area contributed by atoms with Crippen molar-refractivity contribution in [1.29, 1.82) is 0 Å². The van der Waals surface area contributed by atoms with Crippen molar-refractivity contribution in [2.24, 2.45) is 5.92 Å². The molecule has 2 unspecified atom stereocenters. The second kappa shape index (κ2) is 7.11. The molecular weight excluding hydrogens is 292 g/mol. The van der Waals surface area contributed by atoms with Gasteiger partial charge in [0.15, 0.2) is 0 Å². The number of nitrogens with one attached hydrogen (secondary N) is 1. The Morgan fingerprint density at radius 1 is 1.30 bits per heavy atom. The standard InChI is InChI=1S/C18H28N2O3/c1-13-9-14(19-17(21)23-18(2,3)4)12-20(11-13)15-7-6-8-16(10-15)22-5/h6-8,10,13-14H,9,11-12H2,1-5H3,(H,19,21). The normalized spacial score (nSPS) is 21.7. The van der Waals surface area contributed by atoms with Gasteiger partial charge in [0.25, 0.3) is 0 Å². The van der Waals surface area contributed by atoms with E-state index in [4.69, 9.17) is 9.47 Å². The van der Waals surface area contributed by atoms with Crippen LogP contribution in [0, 0.1) is 5.92 Å². The number of anilines is 1. The predicted octanol–water partition coefficient (Wildman–Crippen LogP) is 3.43. The van der Waals surface area contributed by atoms with Crippen LogP contribution in [-0.2, 0) is 4.74 Å². The summed E-state index contributed by atoms with van der Waals surface area (Å²) in [7, 11) is 1.67. The number of carbonyl (C=O) groups excluding carboxylic acids is 1. The third-order valence-corrected chi connectivity index (χ3v) is 3.80. The van der Waals surface area contributed by atoms with Gasteiger partial charge in [0.1, 0.15) is 11.4 Å². The second-order valence-corrected chi connectivity index (χ2v) is 7.29. The van der Waals surface area contributed by atoms with E-state index in [1.165, 1.54) is 0 Å². The fourth-order valence-corrected chi connectivity index (χ4v) is 2.95. The highest BCUT2D eigenvalue weighted by molar-refractivity contribution is 5.68. The first kappa shape index (κ1) is 17.4. The summed E-state index contributed by atoms with van der Waals surface area (Å²) in [5.41, 5.74) is 0.642. The van der Waals surface area contributed by atoms with Gasteiger partial charge >= 0.3 is 6.09 Å². The van der Waals surface area contributed by atoms with Gasteiger partial charge in [-0.15, -0.1) is 0 Å². The van der Waals surface area contributed by atoms with Crippen molar-refractivity contribution < 1.29 is 14.3 Å². The van der Waals surface area contributed by atoms with E-state index in [0.717, 1.165) is 30.9 Å². The molecule has 2 rings (SSSR count). The van der Waals surface area contributed by atoms with Crippen LogP contribution in [0.2, 0.25) is 0 Å². The molecule has 1 aromatic carbocycles. The molecule has 1 amide bonds. The Morgan fingerprint density at radius 2 is 2.04 bits per heavy atom. The third-order valence-electron chi connectivity index (χ3n) is 3.80. The maximum absolute atomic E-state index is 12.0. The van der Waals surface area contributed by atoms with Crippen LogP contribution in [0.5, 0.6) is 5.75 Å². The van der Waals surface area contributed by atoms with Gasteiger partial charge in [-0.3, -0.25) is 0 Å². The van der Waals surface area contributed by atoms with Crippen molar-refractivity contribution in [2.75, 3.05) is 25.1 Å². The number of rotatable bonds is 3. The van der Waals surface area contributed by atoms with E-state index < -0.39 is 5.60 Å². The number of benzene rings is 1. The third kappa shape index (κ3) is 5.34. The van der Waals surface area contributed by atoms with Gasteiger partial charge in [0.05, 0.1) is 7.11 Å². The summed E-state index contributed by atoms with van der Waals surface area (Å²) in [5.74, 6) is 1.34. The predicted molar refractivity (Wildman–Crippen MR) is 92.1 cm³/mol. The first-order valence-electron chi connectivity index (χ1n) is 8.15.